The second-order valence-electron chi connectivity index (χ2n) is 8.15. The number of hydrogen-bond donors (Lipinski definition) is 1. The highest BCUT2D eigenvalue weighted by molar-refractivity contribution is 5.97. The Labute approximate surface area is 194 Å². The van der Waals surface area contributed by atoms with E-state index in [-0.39, 0.29) is 17.2 Å². The Balaban J connectivity index is 1.75. The molecule has 0 aliphatic heterocycles. The first-order valence-corrected chi connectivity index (χ1v) is 10.7. The molecule has 1 N–H and O–H groups in total. The SMILES string of the molecule is Cc1noc(C)c1-c1ccc2c(-c3ccc(C(=O)O)cc3F)nn([C@@H](C)c3ccccn3)c2c1. The molecule has 0 aliphatic rings. The van der Waals surface area contributed by atoms with Gasteiger partial charge in [-0.1, -0.05) is 17.3 Å². The maximum absolute atomic E-state index is 15.0. The van der Waals surface area contributed by atoms with Gasteiger partial charge in [0, 0.05) is 22.7 Å². The van der Waals surface area contributed by atoms with Gasteiger partial charge in [-0.2, -0.15) is 5.10 Å². The van der Waals surface area contributed by atoms with Gasteiger partial charge in [-0.25, -0.2) is 9.18 Å². The lowest BCUT2D eigenvalue weighted by Gasteiger charge is -2.13. The summed E-state index contributed by atoms with van der Waals surface area (Å²) in [6, 6.07) is 15.1. The number of pyridine rings is 1. The first-order chi connectivity index (χ1) is 16.3. The summed E-state index contributed by atoms with van der Waals surface area (Å²) in [6.07, 6.45) is 1.72. The van der Waals surface area contributed by atoms with Crippen molar-refractivity contribution in [1.82, 2.24) is 19.9 Å². The first kappa shape index (κ1) is 21.5. The number of rotatable bonds is 5. The minimum atomic E-state index is -1.19. The normalized spacial score (nSPS) is 12.2. The van der Waals surface area contributed by atoms with E-state index in [0.29, 0.717) is 11.5 Å². The Kier molecular flexibility index (Phi) is 5.20. The Hall–Kier alpha value is -4.33. The minimum absolute atomic E-state index is 0.118. The van der Waals surface area contributed by atoms with Gasteiger partial charge in [0.1, 0.15) is 17.3 Å². The van der Waals surface area contributed by atoms with Crippen molar-refractivity contribution in [3.63, 3.8) is 0 Å². The van der Waals surface area contributed by atoms with Gasteiger partial charge in [-0.3, -0.25) is 9.67 Å². The van der Waals surface area contributed by atoms with Gasteiger partial charge in [0.15, 0.2) is 0 Å². The summed E-state index contributed by atoms with van der Waals surface area (Å²) < 4.78 is 22.2. The molecule has 7 nitrogen and oxygen atoms in total. The van der Waals surface area contributed by atoms with E-state index in [1.54, 1.807) is 6.20 Å². The molecule has 5 aromatic rings. The molecule has 8 heteroatoms. The van der Waals surface area contributed by atoms with Crippen molar-refractivity contribution in [3.8, 4) is 22.4 Å². The van der Waals surface area contributed by atoms with Crippen molar-refractivity contribution >= 4 is 16.9 Å². The molecule has 0 amide bonds. The van der Waals surface area contributed by atoms with E-state index in [1.807, 2.05) is 61.9 Å². The van der Waals surface area contributed by atoms with Crippen LogP contribution < -0.4 is 0 Å². The quantitative estimate of drug-likeness (QED) is 0.358. The van der Waals surface area contributed by atoms with Crippen LogP contribution in [0.15, 0.2) is 65.3 Å². The Morgan fingerprint density at radius 1 is 1.12 bits per heavy atom. The maximum atomic E-state index is 15.0. The average Bonchev–Trinajstić information content (AvgIpc) is 3.38. The van der Waals surface area contributed by atoms with Gasteiger partial charge < -0.3 is 9.63 Å². The summed E-state index contributed by atoms with van der Waals surface area (Å²) >= 11 is 0. The van der Waals surface area contributed by atoms with Gasteiger partial charge >= 0.3 is 5.97 Å². The summed E-state index contributed by atoms with van der Waals surface area (Å²) in [5, 5.41) is 18.8. The number of carboxylic acids is 1. The van der Waals surface area contributed by atoms with Crippen LogP contribution in [0.3, 0.4) is 0 Å². The van der Waals surface area contributed by atoms with Crippen molar-refractivity contribution < 1.29 is 18.8 Å². The monoisotopic (exact) mass is 456 g/mol. The fourth-order valence-electron chi connectivity index (χ4n) is 4.27. The number of carboxylic acid groups (broad SMARTS) is 1. The second-order valence-corrected chi connectivity index (χ2v) is 8.15. The molecule has 0 spiro atoms. The molecule has 170 valence electrons. The summed E-state index contributed by atoms with van der Waals surface area (Å²) in [4.78, 5) is 15.7. The number of fused-ring (bicyclic) bond motifs is 1. The third-order valence-electron chi connectivity index (χ3n) is 5.98. The predicted octanol–water partition coefficient (Wildman–Crippen LogP) is 5.82. The highest BCUT2D eigenvalue weighted by atomic mass is 19.1. The first-order valence-electron chi connectivity index (χ1n) is 10.7. The van der Waals surface area contributed by atoms with Gasteiger partial charge in [0.05, 0.1) is 28.5 Å². The zero-order valence-corrected chi connectivity index (χ0v) is 18.8. The van der Waals surface area contributed by atoms with Crippen molar-refractivity contribution in [2.45, 2.75) is 26.8 Å². The molecule has 1 atom stereocenters. The fraction of sp³-hybridized carbons (Fsp3) is 0.154. The molecule has 0 saturated carbocycles. The van der Waals surface area contributed by atoms with Crippen molar-refractivity contribution in [2.75, 3.05) is 0 Å². The number of aryl methyl sites for hydroxylation is 2. The van der Waals surface area contributed by atoms with E-state index in [2.05, 4.69) is 10.1 Å². The lowest BCUT2D eigenvalue weighted by Crippen LogP contribution is -2.10. The van der Waals surface area contributed by atoms with Gasteiger partial charge in [0.25, 0.3) is 0 Å². The van der Waals surface area contributed by atoms with E-state index in [1.165, 1.54) is 12.1 Å². The highest BCUT2D eigenvalue weighted by Crippen LogP contribution is 2.36. The molecule has 0 fully saturated rings. The predicted molar refractivity (Wildman–Crippen MR) is 125 cm³/mol. The molecule has 34 heavy (non-hydrogen) atoms. The van der Waals surface area contributed by atoms with Crippen LogP contribution in [-0.2, 0) is 0 Å². The second kappa shape index (κ2) is 8.22. The summed E-state index contributed by atoms with van der Waals surface area (Å²) in [5.41, 5.74) is 4.72. The molecule has 0 unspecified atom stereocenters. The molecule has 0 aliphatic carbocycles. The van der Waals surface area contributed by atoms with Crippen molar-refractivity contribution in [3.05, 3.63) is 89.3 Å². The van der Waals surface area contributed by atoms with Crippen LogP contribution in [0.2, 0.25) is 0 Å². The van der Waals surface area contributed by atoms with Crippen LogP contribution in [0.1, 0.15) is 40.5 Å². The van der Waals surface area contributed by atoms with E-state index in [4.69, 9.17) is 9.62 Å². The average molecular weight is 456 g/mol. The van der Waals surface area contributed by atoms with Crippen molar-refractivity contribution in [2.24, 2.45) is 0 Å². The van der Waals surface area contributed by atoms with Crippen LogP contribution in [0.4, 0.5) is 4.39 Å². The zero-order valence-electron chi connectivity index (χ0n) is 18.8. The van der Waals surface area contributed by atoms with E-state index in [0.717, 1.165) is 39.5 Å². The number of benzene rings is 2. The number of hydrogen-bond acceptors (Lipinski definition) is 5. The molecule has 0 saturated heterocycles. The van der Waals surface area contributed by atoms with Gasteiger partial charge in [-0.05, 0) is 68.8 Å². The Morgan fingerprint density at radius 3 is 2.59 bits per heavy atom. The summed E-state index contributed by atoms with van der Waals surface area (Å²) in [7, 11) is 0. The number of carbonyl (C=O) groups is 1. The maximum Gasteiger partial charge on any atom is 0.335 e. The number of nitrogens with zero attached hydrogens (tertiary/aromatic N) is 4. The topological polar surface area (TPSA) is 94.0 Å². The number of halogens is 1. The van der Waals surface area contributed by atoms with Crippen LogP contribution in [0.25, 0.3) is 33.3 Å². The van der Waals surface area contributed by atoms with Gasteiger partial charge in [-0.15, -0.1) is 0 Å². The van der Waals surface area contributed by atoms with E-state index in [9.17, 15) is 9.90 Å². The Morgan fingerprint density at radius 2 is 1.94 bits per heavy atom. The number of aromatic nitrogens is 4. The Bertz CT molecular complexity index is 1520. The summed E-state index contributed by atoms with van der Waals surface area (Å²) in [5.74, 6) is -1.13. The smallest absolute Gasteiger partial charge is 0.335 e. The largest absolute Gasteiger partial charge is 0.478 e. The lowest BCUT2D eigenvalue weighted by molar-refractivity contribution is 0.0696. The molecule has 5 rings (SSSR count). The molecular formula is C26H21FN4O3. The third-order valence-corrected chi connectivity index (χ3v) is 5.98. The standard InChI is InChI=1S/C26H21FN4O3/c1-14-24(16(3)34-30-14)17-7-10-20-23(13-17)31(15(2)22-6-4-5-11-28-22)29-25(20)19-9-8-18(26(32)33)12-21(19)27/h4-13,15H,1-3H3,(H,32,33)/t15-/m0/s1. The van der Waals surface area contributed by atoms with Crippen molar-refractivity contribution in [1.29, 1.82) is 0 Å². The highest BCUT2D eigenvalue weighted by Gasteiger charge is 2.22. The molecular weight excluding hydrogens is 435 g/mol. The summed E-state index contributed by atoms with van der Waals surface area (Å²) in [6.45, 7) is 5.72. The van der Waals surface area contributed by atoms with Crippen LogP contribution in [0.5, 0.6) is 0 Å². The molecule has 2 aromatic carbocycles. The third kappa shape index (κ3) is 3.53. The van der Waals surface area contributed by atoms with Gasteiger partial charge in [0.2, 0.25) is 0 Å². The fourth-order valence-corrected chi connectivity index (χ4v) is 4.27. The molecule has 0 radical (unpaired) electrons. The molecule has 0 bridgehead atoms. The van der Waals surface area contributed by atoms with Crippen LogP contribution >= 0.6 is 0 Å². The van der Waals surface area contributed by atoms with Crippen LogP contribution in [0, 0.1) is 19.7 Å². The van der Waals surface area contributed by atoms with E-state index >= 15 is 4.39 Å². The zero-order chi connectivity index (χ0) is 24.0. The van der Waals surface area contributed by atoms with Crippen LogP contribution in [-0.4, -0.2) is 31.0 Å². The minimum Gasteiger partial charge on any atom is -0.478 e. The lowest BCUT2D eigenvalue weighted by atomic mass is 10.00. The molecule has 3 aromatic heterocycles. The number of aromatic carboxylic acids is 1. The molecule has 3 heterocycles. The van der Waals surface area contributed by atoms with E-state index < -0.39 is 11.8 Å².